The second-order valence-corrected chi connectivity index (χ2v) is 8.43. The maximum absolute atomic E-state index is 12.6. The number of sulfonamides is 1. The van der Waals surface area contributed by atoms with E-state index in [2.05, 4.69) is 9.62 Å². The largest absolute Gasteiger partial charge is 0.494 e. The van der Waals surface area contributed by atoms with Crippen LogP contribution < -0.4 is 9.46 Å². The molecule has 2 N–H and O–H groups in total. The van der Waals surface area contributed by atoms with Crippen molar-refractivity contribution in [2.24, 2.45) is 0 Å². The second-order valence-electron chi connectivity index (χ2n) is 6.71. The van der Waals surface area contributed by atoms with Gasteiger partial charge in [0, 0.05) is 12.6 Å². The minimum Gasteiger partial charge on any atom is -0.494 e. The van der Waals surface area contributed by atoms with Crippen LogP contribution in [0.4, 0.5) is 0 Å². The molecule has 0 aliphatic carbocycles. The van der Waals surface area contributed by atoms with Crippen molar-refractivity contribution >= 4 is 16.0 Å². The van der Waals surface area contributed by atoms with Gasteiger partial charge >= 0.3 is 5.97 Å². The minimum absolute atomic E-state index is 0.0687. The van der Waals surface area contributed by atoms with Crippen molar-refractivity contribution in [2.45, 2.75) is 24.3 Å². The molecular weight excluding hydrogens is 380 g/mol. The zero-order valence-electron chi connectivity index (χ0n) is 16.3. The van der Waals surface area contributed by atoms with Crippen LogP contribution in [0.1, 0.15) is 35.3 Å². The molecule has 0 aliphatic heterocycles. The monoisotopic (exact) mass is 406 g/mol. The molecule has 1 atom stereocenters. The van der Waals surface area contributed by atoms with Crippen molar-refractivity contribution in [1.82, 2.24) is 9.62 Å². The molecule has 152 valence electrons. The Hall–Kier alpha value is -2.42. The summed E-state index contributed by atoms with van der Waals surface area (Å²) >= 11 is 0. The van der Waals surface area contributed by atoms with E-state index < -0.39 is 22.0 Å². The Morgan fingerprint density at radius 3 is 2.39 bits per heavy atom. The number of rotatable bonds is 10. The zero-order chi connectivity index (χ0) is 20.7. The van der Waals surface area contributed by atoms with Crippen LogP contribution in [0.5, 0.6) is 5.75 Å². The quantitative estimate of drug-likeness (QED) is 0.589. The number of carbonyl (C=O) groups is 1. The maximum Gasteiger partial charge on any atom is 0.336 e. The number of carboxylic acids is 1. The van der Waals surface area contributed by atoms with E-state index in [-0.39, 0.29) is 10.5 Å². The van der Waals surface area contributed by atoms with Gasteiger partial charge in [0.2, 0.25) is 10.0 Å². The van der Waals surface area contributed by atoms with Gasteiger partial charge in [-0.1, -0.05) is 18.2 Å². The molecule has 0 saturated heterocycles. The van der Waals surface area contributed by atoms with E-state index in [4.69, 9.17) is 4.74 Å². The summed E-state index contributed by atoms with van der Waals surface area (Å²) in [5.74, 6) is -0.501. The molecule has 2 aromatic carbocycles. The van der Waals surface area contributed by atoms with E-state index >= 15 is 0 Å². The Morgan fingerprint density at radius 2 is 1.79 bits per heavy atom. The summed E-state index contributed by atoms with van der Waals surface area (Å²) in [7, 11) is 0.169. The van der Waals surface area contributed by atoms with Gasteiger partial charge in [0.05, 0.1) is 17.1 Å². The first kappa shape index (κ1) is 21.9. The van der Waals surface area contributed by atoms with Crippen molar-refractivity contribution < 1.29 is 23.1 Å². The molecule has 0 heterocycles. The highest BCUT2D eigenvalue weighted by Gasteiger charge is 2.21. The van der Waals surface area contributed by atoms with Gasteiger partial charge in [0.25, 0.3) is 0 Å². The van der Waals surface area contributed by atoms with Gasteiger partial charge in [-0.25, -0.2) is 17.9 Å². The number of nitrogens with one attached hydrogen (secondary N) is 1. The highest BCUT2D eigenvalue weighted by atomic mass is 32.2. The van der Waals surface area contributed by atoms with Crippen LogP contribution in [0.25, 0.3) is 0 Å². The highest BCUT2D eigenvalue weighted by molar-refractivity contribution is 7.89. The molecule has 1 unspecified atom stereocenters. The first-order valence-electron chi connectivity index (χ1n) is 8.93. The number of hydrogen-bond donors (Lipinski definition) is 2. The number of ether oxygens (including phenoxy) is 1. The van der Waals surface area contributed by atoms with Crippen LogP contribution in [-0.4, -0.2) is 51.6 Å². The van der Waals surface area contributed by atoms with E-state index in [0.717, 1.165) is 13.0 Å². The molecular formula is C20H26N2O5S. The molecule has 0 spiro atoms. The Morgan fingerprint density at radius 1 is 1.14 bits per heavy atom. The Kier molecular flexibility index (Phi) is 7.56. The average molecular weight is 407 g/mol. The first-order valence-corrected chi connectivity index (χ1v) is 10.4. The SMILES string of the molecule is CC(NS(=O)(=O)c1ccc(OCCCN(C)C)cc1)c1ccccc1C(=O)O. The zero-order valence-corrected chi connectivity index (χ0v) is 17.1. The highest BCUT2D eigenvalue weighted by Crippen LogP contribution is 2.22. The van der Waals surface area contributed by atoms with Crippen LogP contribution >= 0.6 is 0 Å². The predicted molar refractivity (Wildman–Crippen MR) is 107 cm³/mol. The summed E-state index contributed by atoms with van der Waals surface area (Å²) < 4.78 is 33.4. The third-order valence-electron chi connectivity index (χ3n) is 4.14. The van der Waals surface area contributed by atoms with Crippen LogP contribution in [0.2, 0.25) is 0 Å². The van der Waals surface area contributed by atoms with E-state index in [1.807, 2.05) is 14.1 Å². The van der Waals surface area contributed by atoms with Crippen LogP contribution in [0.15, 0.2) is 53.4 Å². The molecule has 28 heavy (non-hydrogen) atoms. The topological polar surface area (TPSA) is 95.9 Å². The standard InChI is InChI=1S/C20H26N2O5S/c1-15(18-7-4-5-8-19(18)20(23)24)21-28(25,26)17-11-9-16(10-12-17)27-14-6-13-22(2)3/h4-5,7-12,15,21H,6,13-14H2,1-3H3,(H,23,24). The molecule has 8 heteroatoms. The van der Waals surface area contributed by atoms with Gasteiger partial charge in [-0.05, 0) is 63.3 Å². The third-order valence-corrected chi connectivity index (χ3v) is 5.70. The van der Waals surface area contributed by atoms with Crippen LogP contribution in [0.3, 0.4) is 0 Å². The summed E-state index contributed by atoms with van der Waals surface area (Å²) in [5, 5.41) is 9.29. The van der Waals surface area contributed by atoms with E-state index in [0.29, 0.717) is 17.9 Å². The minimum atomic E-state index is -3.81. The van der Waals surface area contributed by atoms with Crippen molar-refractivity contribution in [1.29, 1.82) is 0 Å². The fourth-order valence-electron chi connectivity index (χ4n) is 2.72. The Balaban J connectivity index is 2.05. The molecule has 0 radical (unpaired) electrons. The van der Waals surface area contributed by atoms with Crippen molar-refractivity contribution in [3.05, 3.63) is 59.7 Å². The van der Waals surface area contributed by atoms with E-state index in [1.165, 1.54) is 18.2 Å². The van der Waals surface area contributed by atoms with Gasteiger partial charge in [0.1, 0.15) is 5.75 Å². The molecule has 0 aromatic heterocycles. The van der Waals surface area contributed by atoms with Crippen molar-refractivity contribution in [3.63, 3.8) is 0 Å². The molecule has 2 rings (SSSR count). The molecule has 0 fully saturated rings. The number of hydrogen-bond acceptors (Lipinski definition) is 5. The molecule has 0 bridgehead atoms. The fourth-order valence-corrected chi connectivity index (χ4v) is 3.94. The van der Waals surface area contributed by atoms with E-state index in [1.54, 1.807) is 37.3 Å². The van der Waals surface area contributed by atoms with Gasteiger partial charge in [-0.2, -0.15) is 0 Å². The van der Waals surface area contributed by atoms with Crippen LogP contribution in [0, 0.1) is 0 Å². The van der Waals surface area contributed by atoms with Crippen LogP contribution in [-0.2, 0) is 10.0 Å². The molecule has 7 nitrogen and oxygen atoms in total. The normalized spacial score (nSPS) is 12.7. The molecule has 0 saturated carbocycles. The summed E-state index contributed by atoms with van der Waals surface area (Å²) in [4.78, 5) is 13.5. The van der Waals surface area contributed by atoms with Gasteiger partial charge in [-0.3, -0.25) is 0 Å². The number of nitrogens with zero attached hydrogens (tertiary/aromatic N) is 1. The molecule has 2 aromatic rings. The lowest BCUT2D eigenvalue weighted by molar-refractivity contribution is 0.0695. The average Bonchev–Trinajstić information content (AvgIpc) is 2.65. The van der Waals surface area contributed by atoms with Gasteiger partial charge in [0.15, 0.2) is 0 Å². The summed E-state index contributed by atoms with van der Waals surface area (Å²) in [5.41, 5.74) is 0.471. The first-order chi connectivity index (χ1) is 13.2. The number of carboxylic acid groups (broad SMARTS) is 1. The molecule has 0 amide bonds. The predicted octanol–water partition coefficient (Wildman–Crippen LogP) is 2.75. The summed E-state index contributed by atoms with van der Waals surface area (Å²) in [6.45, 7) is 3.07. The van der Waals surface area contributed by atoms with Gasteiger partial charge in [-0.15, -0.1) is 0 Å². The van der Waals surface area contributed by atoms with Crippen molar-refractivity contribution in [3.8, 4) is 5.75 Å². The smallest absolute Gasteiger partial charge is 0.336 e. The Labute approximate surface area is 166 Å². The lowest BCUT2D eigenvalue weighted by atomic mass is 10.0. The number of aromatic carboxylic acids is 1. The fraction of sp³-hybridized carbons (Fsp3) is 0.350. The summed E-state index contributed by atoms with van der Waals surface area (Å²) in [6.07, 6.45) is 0.870. The van der Waals surface area contributed by atoms with Crippen molar-refractivity contribution in [2.75, 3.05) is 27.2 Å². The van der Waals surface area contributed by atoms with Gasteiger partial charge < -0.3 is 14.7 Å². The number of benzene rings is 2. The molecule has 0 aliphatic rings. The lowest BCUT2D eigenvalue weighted by Gasteiger charge is -2.17. The lowest BCUT2D eigenvalue weighted by Crippen LogP contribution is -2.28. The Bertz CT molecular complexity index is 895. The van der Waals surface area contributed by atoms with E-state index in [9.17, 15) is 18.3 Å². The second kappa shape index (κ2) is 9.68. The maximum atomic E-state index is 12.6. The summed E-state index contributed by atoms with van der Waals surface area (Å²) in [6, 6.07) is 11.8. The third kappa shape index (κ3) is 6.05.